The summed E-state index contributed by atoms with van der Waals surface area (Å²) in [6.07, 6.45) is 0.938. The van der Waals surface area contributed by atoms with Crippen molar-refractivity contribution in [3.63, 3.8) is 0 Å². The molecule has 0 spiro atoms. The molecule has 3 N–H and O–H groups in total. The summed E-state index contributed by atoms with van der Waals surface area (Å²) >= 11 is 0. The second-order valence-electron chi connectivity index (χ2n) is 4.72. The fraction of sp³-hybridized carbons (Fsp3) is 0.500. The molecule has 1 rings (SSSR count). The number of hydrogen-bond acceptors (Lipinski definition) is 3. The number of hydrogen-bond donors (Lipinski definition) is 2. The van der Waals surface area contributed by atoms with Gasteiger partial charge in [-0.15, -0.1) is 0 Å². The summed E-state index contributed by atoms with van der Waals surface area (Å²) in [5.41, 5.74) is 5.76. The highest BCUT2D eigenvalue weighted by molar-refractivity contribution is 5.84. The van der Waals surface area contributed by atoms with Crippen LogP contribution in [0.15, 0.2) is 24.3 Å². The molecule has 0 aromatic heterocycles. The highest BCUT2D eigenvalue weighted by Crippen LogP contribution is 2.14. The molecule has 0 aliphatic carbocycles. The second-order valence-corrected chi connectivity index (χ2v) is 4.72. The van der Waals surface area contributed by atoms with Crippen molar-refractivity contribution < 1.29 is 9.53 Å². The fourth-order valence-electron chi connectivity index (χ4n) is 1.47. The Balaban J connectivity index is 2.62. The maximum atomic E-state index is 11.5. The van der Waals surface area contributed by atoms with E-state index < -0.39 is 11.4 Å². The van der Waals surface area contributed by atoms with Gasteiger partial charge in [0, 0.05) is 0 Å². The molecule has 1 unspecified atom stereocenters. The zero-order chi connectivity index (χ0) is 13.6. The molecule has 0 saturated carbocycles. The average molecular weight is 250 g/mol. The number of nitrogens with two attached hydrogens (primary N) is 1. The summed E-state index contributed by atoms with van der Waals surface area (Å²) in [5, 5.41) is 3.13. The Kier molecular flexibility index (Phi) is 5.16. The molecule has 0 radical (unpaired) electrons. The largest absolute Gasteiger partial charge is 0.491 e. The standard InChI is InChI=1S/C14H22N2O2/c1-4-9-16-14(3,13(15)17)10-18-12-7-5-11(2)6-8-12/h5-8,16H,4,9-10H2,1-3H3,(H2,15,17). The number of aryl methyl sites for hydroxylation is 1. The summed E-state index contributed by atoms with van der Waals surface area (Å²) in [7, 11) is 0. The van der Waals surface area contributed by atoms with Crippen molar-refractivity contribution in [2.75, 3.05) is 13.2 Å². The van der Waals surface area contributed by atoms with Crippen LogP contribution >= 0.6 is 0 Å². The molecule has 0 bridgehead atoms. The first-order valence-corrected chi connectivity index (χ1v) is 6.22. The smallest absolute Gasteiger partial charge is 0.240 e. The molecule has 18 heavy (non-hydrogen) atoms. The van der Waals surface area contributed by atoms with Crippen LogP contribution in [0.4, 0.5) is 0 Å². The number of rotatable bonds is 7. The minimum Gasteiger partial charge on any atom is -0.491 e. The first-order valence-electron chi connectivity index (χ1n) is 6.22. The van der Waals surface area contributed by atoms with Gasteiger partial charge in [0.05, 0.1) is 0 Å². The van der Waals surface area contributed by atoms with Gasteiger partial charge < -0.3 is 15.8 Å². The van der Waals surface area contributed by atoms with Gasteiger partial charge in [-0.1, -0.05) is 24.6 Å². The van der Waals surface area contributed by atoms with Crippen molar-refractivity contribution in [2.45, 2.75) is 32.7 Å². The van der Waals surface area contributed by atoms with Gasteiger partial charge in [0.25, 0.3) is 0 Å². The molecular formula is C14H22N2O2. The highest BCUT2D eigenvalue weighted by Gasteiger charge is 2.31. The lowest BCUT2D eigenvalue weighted by Crippen LogP contribution is -2.57. The van der Waals surface area contributed by atoms with Crippen LogP contribution < -0.4 is 15.8 Å². The Morgan fingerprint density at radius 2 is 2.00 bits per heavy atom. The predicted octanol–water partition coefficient (Wildman–Crippen LogP) is 1.62. The van der Waals surface area contributed by atoms with E-state index in [1.165, 1.54) is 5.56 Å². The number of nitrogens with one attached hydrogen (secondary N) is 1. The average Bonchev–Trinajstić information content (AvgIpc) is 2.35. The third-order valence-electron chi connectivity index (χ3n) is 2.86. The lowest BCUT2D eigenvalue weighted by atomic mass is 10.0. The number of ether oxygens (including phenoxy) is 1. The van der Waals surface area contributed by atoms with Crippen LogP contribution in [0, 0.1) is 6.92 Å². The molecule has 1 atom stereocenters. The van der Waals surface area contributed by atoms with Gasteiger partial charge in [-0.25, -0.2) is 0 Å². The number of carbonyl (C=O) groups is 1. The van der Waals surface area contributed by atoms with Gasteiger partial charge in [-0.2, -0.15) is 0 Å². The van der Waals surface area contributed by atoms with Crippen molar-refractivity contribution in [1.29, 1.82) is 0 Å². The molecule has 0 aliphatic rings. The SMILES string of the molecule is CCCNC(C)(COc1ccc(C)cc1)C(N)=O. The van der Waals surface area contributed by atoms with Crippen LogP contribution in [0.5, 0.6) is 5.75 Å². The zero-order valence-electron chi connectivity index (χ0n) is 11.3. The molecule has 4 nitrogen and oxygen atoms in total. The van der Waals surface area contributed by atoms with Crippen LogP contribution in [0.3, 0.4) is 0 Å². The molecule has 1 aromatic rings. The normalized spacial score (nSPS) is 13.9. The quantitative estimate of drug-likeness (QED) is 0.773. The van der Waals surface area contributed by atoms with E-state index in [1.807, 2.05) is 38.1 Å². The fourth-order valence-corrected chi connectivity index (χ4v) is 1.47. The molecule has 1 amide bonds. The third kappa shape index (κ3) is 4.04. The van der Waals surface area contributed by atoms with Gasteiger partial charge in [-0.05, 0) is 38.9 Å². The van der Waals surface area contributed by atoms with E-state index in [9.17, 15) is 4.79 Å². The summed E-state index contributed by atoms with van der Waals surface area (Å²) in [4.78, 5) is 11.5. The Bertz CT molecular complexity index is 389. The summed E-state index contributed by atoms with van der Waals surface area (Å²) in [6.45, 7) is 6.77. The van der Waals surface area contributed by atoms with Crippen LogP contribution in [0.2, 0.25) is 0 Å². The molecule has 0 aliphatic heterocycles. The van der Waals surface area contributed by atoms with E-state index in [1.54, 1.807) is 6.92 Å². The van der Waals surface area contributed by atoms with Crippen molar-refractivity contribution in [2.24, 2.45) is 5.73 Å². The molecule has 100 valence electrons. The van der Waals surface area contributed by atoms with E-state index >= 15 is 0 Å². The Morgan fingerprint density at radius 3 is 2.50 bits per heavy atom. The summed E-state index contributed by atoms with van der Waals surface area (Å²) in [5.74, 6) is 0.342. The Hall–Kier alpha value is -1.55. The molecule has 0 fully saturated rings. The lowest BCUT2D eigenvalue weighted by Gasteiger charge is -2.27. The molecular weight excluding hydrogens is 228 g/mol. The van der Waals surface area contributed by atoms with E-state index in [4.69, 9.17) is 10.5 Å². The van der Waals surface area contributed by atoms with Crippen LogP contribution in [-0.2, 0) is 4.79 Å². The van der Waals surface area contributed by atoms with Gasteiger partial charge in [0.2, 0.25) is 5.91 Å². The predicted molar refractivity (Wildman–Crippen MR) is 72.6 cm³/mol. The minimum absolute atomic E-state index is 0.228. The molecule has 1 aromatic carbocycles. The topological polar surface area (TPSA) is 64.3 Å². The first kappa shape index (κ1) is 14.5. The number of benzene rings is 1. The van der Waals surface area contributed by atoms with Crippen molar-refractivity contribution in [3.8, 4) is 5.75 Å². The minimum atomic E-state index is -0.832. The van der Waals surface area contributed by atoms with Crippen molar-refractivity contribution in [3.05, 3.63) is 29.8 Å². The Morgan fingerprint density at radius 1 is 1.39 bits per heavy atom. The van der Waals surface area contributed by atoms with Crippen LogP contribution in [0.25, 0.3) is 0 Å². The third-order valence-corrected chi connectivity index (χ3v) is 2.86. The summed E-state index contributed by atoms with van der Waals surface area (Å²) < 4.78 is 5.62. The monoisotopic (exact) mass is 250 g/mol. The zero-order valence-corrected chi connectivity index (χ0v) is 11.3. The van der Waals surface area contributed by atoms with E-state index in [0.717, 1.165) is 18.7 Å². The van der Waals surface area contributed by atoms with Crippen molar-refractivity contribution >= 4 is 5.91 Å². The van der Waals surface area contributed by atoms with Gasteiger partial charge in [0.1, 0.15) is 17.9 Å². The maximum Gasteiger partial charge on any atom is 0.240 e. The Labute approximate surface area is 109 Å². The van der Waals surface area contributed by atoms with Crippen LogP contribution in [0.1, 0.15) is 25.8 Å². The van der Waals surface area contributed by atoms with Crippen molar-refractivity contribution in [1.82, 2.24) is 5.32 Å². The van der Waals surface area contributed by atoms with Gasteiger partial charge >= 0.3 is 0 Å². The van der Waals surface area contributed by atoms with E-state index in [0.29, 0.717) is 0 Å². The number of amides is 1. The number of primary amides is 1. The molecule has 4 heteroatoms. The maximum absolute atomic E-state index is 11.5. The number of carbonyl (C=O) groups excluding carboxylic acids is 1. The lowest BCUT2D eigenvalue weighted by molar-refractivity contribution is -0.125. The first-order chi connectivity index (χ1) is 8.48. The van der Waals surface area contributed by atoms with Gasteiger partial charge in [0.15, 0.2) is 0 Å². The van der Waals surface area contributed by atoms with Crippen LogP contribution in [-0.4, -0.2) is 24.6 Å². The van der Waals surface area contributed by atoms with Gasteiger partial charge in [-0.3, -0.25) is 4.79 Å². The second kappa shape index (κ2) is 6.40. The van der Waals surface area contributed by atoms with E-state index in [-0.39, 0.29) is 6.61 Å². The molecule has 0 saturated heterocycles. The van der Waals surface area contributed by atoms with E-state index in [2.05, 4.69) is 5.32 Å². The molecule has 0 heterocycles. The summed E-state index contributed by atoms with van der Waals surface area (Å²) in [6, 6.07) is 7.71. The highest BCUT2D eigenvalue weighted by atomic mass is 16.5.